The molecule has 7 rings (SSSR count). The third kappa shape index (κ3) is 34.4. The predicted octanol–water partition coefficient (Wildman–Crippen LogP) is 13.9. The number of rotatable bonds is 35. The van der Waals surface area contributed by atoms with Gasteiger partial charge in [0, 0.05) is 37.5 Å². The monoisotopic (exact) mass is 1210 g/mol. The maximum absolute atomic E-state index is 13.1. The Balaban J connectivity index is 0.000000280. The van der Waals surface area contributed by atoms with E-state index in [1.54, 1.807) is 0 Å². The van der Waals surface area contributed by atoms with E-state index in [-0.39, 0.29) is 48.1 Å². The van der Waals surface area contributed by atoms with Gasteiger partial charge in [0.1, 0.15) is 6.61 Å². The highest BCUT2D eigenvalue weighted by Crippen LogP contribution is 2.21. The van der Waals surface area contributed by atoms with Crippen molar-refractivity contribution in [3.63, 3.8) is 0 Å². The normalized spacial score (nSPS) is 11.7. The highest BCUT2D eigenvalue weighted by molar-refractivity contribution is 5.79. The van der Waals surface area contributed by atoms with Crippen molar-refractivity contribution < 1.29 is 29.0 Å². The van der Waals surface area contributed by atoms with Crippen LogP contribution in [0.15, 0.2) is 212 Å². The van der Waals surface area contributed by atoms with Crippen molar-refractivity contribution in [3.8, 4) is 0 Å². The molecule has 7 aromatic rings. The molecule has 0 bridgehead atoms. The fourth-order valence-electron chi connectivity index (χ4n) is 10.1. The number of carbonyl (C=O) groups excluding carboxylic acids is 3. The van der Waals surface area contributed by atoms with Gasteiger partial charge in [0.2, 0.25) is 11.8 Å². The molecule has 89 heavy (non-hydrogen) atoms. The maximum Gasteiger partial charge on any atom is 0.407 e. The predicted molar refractivity (Wildman–Crippen MR) is 366 cm³/mol. The zero-order chi connectivity index (χ0) is 63.9. The van der Waals surface area contributed by atoms with Crippen LogP contribution in [0.4, 0.5) is 4.79 Å². The van der Waals surface area contributed by atoms with Crippen molar-refractivity contribution in [2.75, 3.05) is 32.7 Å². The minimum Gasteiger partial charge on any atom is -0.481 e. The first-order chi connectivity index (χ1) is 43.3. The molecular weight excluding hydrogens is 1100 g/mol. The van der Waals surface area contributed by atoms with Crippen LogP contribution in [-0.2, 0) is 64.3 Å². The van der Waals surface area contributed by atoms with E-state index in [4.69, 9.17) is 21.9 Å². The van der Waals surface area contributed by atoms with Crippen LogP contribution in [0.25, 0.3) is 0 Å². The summed E-state index contributed by atoms with van der Waals surface area (Å²) in [5.74, 6) is 0.182. The van der Waals surface area contributed by atoms with E-state index in [1.807, 2.05) is 140 Å². The average Bonchev–Trinajstić information content (AvgIpc) is 3.69. The van der Waals surface area contributed by atoms with Crippen LogP contribution in [0.5, 0.6) is 0 Å². The highest BCUT2D eigenvalue weighted by atomic mass is 16.5. The fraction of sp³-hybridized carbons (Fsp3) is 0.403. The molecule has 3 amide bonds. The summed E-state index contributed by atoms with van der Waals surface area (Å²) in [5, 5.41) is 18.3. The molecule has 0 aliphatic heterocycles. The molecule has 7 aromatic carbocycles. The van der Waals surface area contributed by atoms with E-state index >= 15 is 0 Å². The Labute approximate surface area is 533 Å². The van der Waals surface area contributed by atoms with Gasteiger partial charge in [-0.3, -0.25) is 14.4 Å². The molecular formula is C77H104N6O6. The lowest BCUT2D eigenvalue weighted by molar-refractivity contribution is -0.142. The number of nitrogens with one attached hydrogen (secondary N) is 3. The molecule has 0 saturated heterocycles. The van der Waals surface area contributed by atoms with Crippen molar-refractivity contribution in [3.05, 3.63) is 251 Å². The number of benzene rings is 7. The van der Waals surface area contributed by atoms with Crippen molar-refractivity contribution in [1.82, 2.24) is 16.0 Å². The van der Waals surface area contributed by atoms with Gasteiger partial charge in [0.15, 0.2) is 0 Å². The van der Waals surface area contributed by atoms with Crippen LogP contribution < -0.4 is 33.2 Å². The minimum absolute atomic E-state index is 0.0134. The molecule has 0 fully saturated rings. The summed E-state index contributed by atoms with van der Waals surface area (Å²) < 4.78 is 5.25. The van der Waals surface area contributed by atoms with Gasteiger partial charge in [-0.15, -0.1) is 0 Å². The van der Waals surface area contributed by atoms with Gasteiger partial charge in [-0.1, -0.05) is 240 Å². The summed E-state index contributed by atoms with van der Waals surface area (Å²) in [6.07, 6.45) is 13.6. The van der Waals surface area contributed by atoms with Crippen LogP contribution in [-0.4, -0.2) is 67.7 Å². The fourth-order valence-corrected chi connectivity index (χ4v) is 10.1. The smallest absolute Gasteiger partial charge is 0.407 e. The summed E-state index contributed by atoms with van der Waals surface area (Å²) in [7, 11) is 0. The van der Waals surface area contributed by atoms with E-state index in [2.05, 4.69) is 110 Å². The number of aryl methyl sites for hydroxylation is 6. The number of alkyl carbamates (subject to hydrolysis) is 1. The molecule has 0 unspecified atom stereocenters. The number of carboxylic acids is 1. The summed E-state index contributed by atoms with van der Waals surface area (Å²) >= 11 is 0. The molecule has 0 radical (unpaired) electrons. The van der Waals surface area contributed by atoms with E-state index in [9.17, 15) is 24.3 Å². The van der Waals surface area contributed by atoms with Crippen LogP contribution in [0.1, 0.15) is 124 Å². The molecule has 12 heteroatoms. The van der Waals surface area contributed by atoms with Crippen LogP contribution in [0.3, 0.4) is 0 Å². The summed E-state index contributed by atoms with van der Waals surface area (Å²) in [6.45, 7) is 9.68. The van der Waals surface area contributed by atoms with Gasteiger partial charge in [-0.05, 0) is 160 Å². The number of nitrogens with two attached hydrogens (primary N) is 3. The molecule has 0 aliphatic carbocycles. The molecule has 10 N–H and O–H groups in total. The third-order valence-corrected chi connectivity index (χ3v) is 15.8. The number of carboxylic acid groups (broad SMARTS) is 1. The lowest BCUT2D eigenvalue weighted by Crippen LogP contribution is -2.41. The number of aliphatic carboxylic acids is 1. The second kappa shape index (κ2) is 46.2. The Bertz CT molecular complexity index is 2760. The second-order valence-corrected chi connectivity index (χ2v) is 23.4. The van der Waals surface area contributed by atoms with Crippen molar-refractivity contribution >= 4 is 23.9 Å². The van der Waals surface area contributed by atoms with E-state index < -0.39 is 12.1 Å². The number of ether oxygens (including phenoxy) is 1. The van der Waals surface area contributed by atoms with Crippen LogP contribution in [0, 0.1) is 29.6 Å². The van der Waals surface area contributed by atoms with E-state index in [0.29, 0.717) is 39.0 Å². The number of amides is 3. The van der Waals surface area contributed by atoms with Crippen LogP contribution >= 0.6 is 0 Å². The van der Waals surface area contributed by atoms with Gasteiger partial charge < -0.3 is 43.0 Å². The maximum atomic E-state index is 13.1. The van der Waals surface area contributed by atoms with Gasteiger partial charge in [-0.2, -0.15) is 0 Å². The lowest BCUT2D eigenvalue weighted by atomic mass is 9.92. The molecule has 12 nitrogen and oxygen atoms in total. The summed E-state index contributed by atoms with van der Waals surface area (Å²) in [5.41, 5.74) is 25.3. The van der Waals surface area contributed by atoms with Gasteiger partial charge in [0.25, 0.3) is 0 Å². The Morgan fingerprint density at radius 2 is 0.719 bits per heavy atom. The Hall–Kier alpha value is -7.90. The van der Waals surface area contributed by atoms with Crippen LogP contribution in [0.2, 0.25) is 0 Å². The zero-order valence-corrected chi connectivity index (χ0v) is 53.4. The Morgan fingerprint density at radius 3 is 1.01 bits per heavy atom. The Kier molecular flexibility index (Phi) is 38.2. The van der Waals surface area contributed by atoms with Gasteiger partial charge in [0.05, 0.1) is 5.92 Å². The SMILES string of the molecule is CCC[C@H](C)CN.C[C@@H](CCNC(=O)OCc1ccccc1)CNC(=O)C(CCc1ccccc1)CCc1ccccc1.NCC[C@H](N)CNC(=O)C(CCc1ccccc1)CCc1ccccc1.O=C(O)C(CCc1ccccc1)CCc1ccccc1. The molecule has 0 saturated carbocycles. The number of hydrogen-bond acceptors (Lipinski definition) is 8. The van der Waals surface area contributed by atoms with Gasteiger partial charge >= 0.3 is 12.1 Å². The molecule has 3 atom stereocenters. The van der Waals surface area contributed by atoms with Gasteiger partial charge in [-0.25, -0.2) is 4.79 Å². The largest absolute Gasteiger partial charge is 0.481 e. The molecule has 0 aliphatic rings. The van der Waals surface area contributed by atoms with E-state index in [0.717, 1.165) is 95.1 Å². The first kappa shape index (κ1) is 73.6. The third-order valence-electron chi connectivity index (χ3n) is 15.8. The second-order valence-electron chi connectivity index (χ2n) is 23.4. The molecule has 0 spiro atoms. The minimum atomic E-state index is -0.683. The van der Waals surface area contributed by atoms with Crippen molar-refractivity contribution in [2.24, 2.45) is 46.8 Å². The first-order valence-electron chi connectivity index (χ1n) is 32.5. The lowest BCUT2D eigenvalue weighted by Gasteiger charge is -2.19. The molecule has 478 valence electrons. The first-order valence-corrected chi connectivity index (χ1v) is 32.5. The topological polar surface area (TPSA) is 212 Å². The van der Waals surface area contributed by atoms with E-state index in [1.165, 1.54) is 46.2 Å². The average molecular weight is 1210 g/mol. The molecule has 0 aromatic heterocycles. The quantitative estimate of drug-likeness (QED) is 0.0201. The standard InChI is InChI=1S/C31H38N2O3.C22H31N3O.C18H20O2.C6H15N/c1-25(21-22-32-31(35)36-24-28-15-9-4-10-16-28)23-33-30(34)29(19-17-26-11-5-2-6-12-26)20-18-27-13-7-3-8-14-27;23-16-15-21(24)17-25-22(26)20(13-11-18-7-3-1-4-8-18)14-12-19-9-5-2-6-10-19;19-18(20)17(13-11-15-7-3-1-4-8-15)14-12-16-9-5-2-6-10-16;1-3-4-6(2)5-7/h2-16,25,29H,17-24H2,1H3,(H,32,35)(H,33,34);1-10,20-21H,11-17,23-24H2,(H,25,26);1-10,17H,11-14H2,(H,19,20);6H,3-5,7H2,1-2H3/t25-;21-;;6-/m00.0/s1. The zero-order valence-electron chi connectivity index (χ0n) is 53.4. The number of carbonyl (C=O) groups is 4. The summed E-state index contributed by atoms with van der Waals surface area (Å²) in [6, 6.07) is 71.0. The summed E-state index contributed by atoms with van der Waals surface area (Å²) in [4.78, 5) is 49.1. The Morgan fingerprint density at radius 1 is 0.404 bits per heavy atom. The number of hydrogen-bond donors (Lipinski definition) is 7. The van der Waals surface area contributed by atoms with Crippen molar-refractivity contribution in [2.45, 2.75) is 136 Å². The highest BCUT2D eigenvalue weighted by Gasteiger charge is 2.21. The molecule has 0 heterocycles. The van der Waals surface area contributed by atoms with Crippen molar-refractivity contribution in [1.29, 1.82) is 0 Å².